The predicted molar refractivity (Wildman–Crippen MR) is 75.7 cm³/mol. The second-order valence-corrected chi connectivity index (χ2v) is 6.19. The molecule has 0 aliphatic heterocycles. The number of hydrogen-bond donors (Lipinski definition) is 0. The minimum atomic E-state index is -0.157. The van der Waals surface area contributed by atoms with Gasteiger partial charge in [-0.05, 0) is 55.0 Å². The van der Waals surface area contributed by atoms with Crippen molar-refractivity contribution in [2.75, 3.05) is 0 Å². The summed E-state index contributed by atoms with van der Waals surface area (Å²) in [6.07, 6.45) is 7.71. The van der Waals surface area contributed by atoms with Crippen molar-refractivity contribution in [2.45, 2.75) is 57.7 Å². The van der Waals surface area contributed by atoms with Crippen LogP contribution in [0.5, 0.6) is 0 Å². The molecule has 1 saturated carbocycles. The van der Waals surface area contributed by atoms with Gasteiger partial charge in [0.25, 0.3) is 0 Å². The van der Waals surface area contributed by atoms with E-state index in [4.69, 9.17) is 11.6 Å². The zero-order chi connectivity index (χ0) is 13.1. The van der Waals surface area contributed by atoms with Gasteiger partial charge in [0.1, 0.15) is 5.82 Å². The van der Waals surface area contributed by atoms with Crippen LogP contribution in [-0.2, 0) is 0 Å². The van der Waals surface area contributed by atoms with Crippen molar-refractivity contribution in [2.24, 2.45) is 5.92 Å². The number of alkyl halides is 1. The predicted octanol–water partition coefficient (Wildman–Crippen LogP) is 5.69. The zero-order valence-corrected chi connectivity index (χ0v) is 12.1. The van der Waals surface area contributed by atoms with Crippen LogP contribution in [-0.4, -0.2) is 0 Å². The number of halogens is 2. The van der Waals surface area contributed by atoms with Gasteiger partial charge in [0.15, 0.2) is 0 Å². The van der Waals surface area contributed by atoms with Gasteiger partial charge in [-0.3, -0.25) is 0 Å². The Morgan fingerprint density at radius 2 is 1.72 bits per heavy atom. The molecule has 0 N–H and O–H groups in total. The van der Waals surface area contributed by atoms with Crippen LogP contribution in [0.2, 0.25) is 0 Å². The van der Waals surface area contributed by atoms with E-state index < -0.39 is 0 Å². The van der Waals surface area contributed by atoms with E-state index in [2.05, 4.69) is 0 Å². The Morgan fingerprint density at radius 1 is 1.17 bits per heavy atom. The summed E-state index contributed by atoms with van der Waals surface area (Å²) in [7, 11) is 0. The fraction of sp³-hybridized carbons (Fsp3) is 0.625. The lowest BCUT2D eigenvalue weighted by Gasteiger charge is -2.25. The molecule has 0 spiro atoms. The van der Waals surface area contributed by atoms with Gasteiger partial charge in [0, 0.05) is 0 Å². The molecular formula is C16H22ClF. The molecule has 2 heteroatoms. The summed E-state index contributed by atoms with van der Waals surface area (Å²) in [5.74, 6) is 0.598. The Morgan fingerprint density at radius 3 is 2.28 bits per heavy atom. The van der Waals surface area contributed by atoms with Crippen LogP contribution < -0.4 is 0 Å². The van der Waals surface area contributed by atoms with Crippen molar-refractivity contribution in [3.05, 3.63) is 34.6 Å². The summed E-state index contributed by atoms with van der Waals surface area (Å²) in [4.78, 5) is 0. The summed E-state index contributed by atoms with van der Waals surface area (Å²) < 4.78 is 13.3. The molecule has 0 nitrogen and oxygen atoms in total. The van der Waals surface area contributed by atoms with Gasteiger partial charge in [-0.15, -0.1) is 11.6 Å². The quantitative estimate of drug-likeness (QED) is 0.618. The van der Waals surface area contributed by atoms with Crippen LogP contribution in [0.3, 0.4) is 0 Å². The smallest absolute Gasteiger partial charge is 0.123 e. The lowest BCUT2D eigenvalue weighted by molar-refractivity contribution is 0.336. The fourth-order valence-corrected chi connectivity index (χ4v) is 3.85. The third kappa shape index (κ3) is 3.26. The first-order valence-corrected chi connectivity index (χ1v) is 7.42. The van der Waals surface area contributed by atoms with Crippen LogP contribution >= 0.6 is 11.6 Å². The van der Waals surface area contributed by atoms with Gasteiger partial charge < -0.3 is 0 Å². The first kappa shape index (κ1) is 13.9. The molecule has 1 unspecified atom stereocenters. The highest BCUT2D eigenvalue weighted by Crippen LogP contribution is 2.37. The van der Waals surface area contributed by atoms with E-state index in [1.807, 2.05) is 13.8 Å². The molecule has 0 radical (unpaired) electrons. The van der Waals surface area contributed by atoms with Gasteiger partial charge in [0.2, 0.25) is 0 Å². The van der Waals surface area contributed by atoms with E-state index in [0.717, 1.165) is 29.0 Å². The monoisotopic (exact) mass is 268 g/mol. The maximum Gasteiger partial charge on any atom is 0.123 e. The van der Waals surface area contributed by atoms with Crippen molar-refractivity contribution in [3.8, 4) is 0 Å². The standard InChI is InChI=1S/C16H22ClF/c1-11-8-14(18)9-12(2)16(11)15(17)10-13-6-4-3-5-7-13/h8-9,13,15H,3-7,10H2,1-2H3. The largest absolute Gasteiger partial charge is 0.207 e. The highest BCUT2D eigenvalue weighted by Gasteiger charge is 2.21. The molecule has 1 fully saturated rings. The van der Waals surface area contributed by atoms with Crippen LogP contribution in [0.1, 0.15) is 60.6 Å². The normalized spacial score (nSPS) is 18.9. The Labute approximate surface area is 115 Å². The summed E-state index contributed by atoms with van der Waals surface area (Å²) >= 11 is 6.58. The molecule has 1 atom stereocenters. The number of benzene rings is 1. The molecule has 0 saturated heterocycles. The summed E-state index contributed by atoms with van der Waals surface area (Å²) in [6.45, 7) is 3.92. The molecule has 0 amide bonds. The van der Waals surface area contributed by atoms with E-state index >= 15 is 0 Å². The Hall–Kier alpha value is -0.560. The Balaban J connectivity index is 2.10. The Bertz CT molecular complexity index is 385. The first-order chi connectivity index (χ1) is 8.58. The third-order valence-corrected chi connectivity index (χ3v) is 4.53. The average molecular weight is 269 g/mol. The highest BCUT2D eigenvalue weighted by atomic mass is 35.5. The van der Waals surface area contributed by atoms with Gasteiger partial charge in [-0.2, -0.15) is 0 Å². The van der Waals surface area contributed by atoms with Gasteiger partial charge in [0.05, 0.1) is 5.38 Å². The maximum absolute atomic E-state index is 13.3. The number of rotatable bonds is 3. The van der Waals surface area contributed by atoms with E-state index in [0.29, 0.717) is 0 Å². The van der Waals surface area contributed by atoms with Crippen molar-refractivity contribution in [1.82, 2.24) is 0 Å². The van der Waals surface area contributed by atoms with Crippen molar-refractivity contribution in [1.29, 1.82) is 0 Å². The summed E-state index contributed by atoms with van der Waals surface area (Å²) in [5, 5.41) is 0.0358. The third-order valence-electron chi connectivity index (χ3n) is 4.14. The van der Waals surface area contributed by atoms with Crippen LogP contribution in [0, 0.1) is 25.6 Å². The zero-order valence-electron chi connectivity index (χ0n) is 11.3. The summed E-state index contributed by atoms with van der Waals surface area (Å²) in [5.41, 5.74) is 3.12. The molecule has 1 aromatic carbocycles. The lowest BCUT2D eigenvalue weighted by atomic mass is 9.84. The molecule has 1 aromatic rings. The maximum atomic E-state index is 13.3. The van der Waals surface area contributed by atoms with Crippen LogP contribution in [0.25, 0.3) is 0 Å². The molecule has 0 heterocycles. The van der Waals surface area contributed by atoms with E-state index in [1.165, 1.54) is 32.1 Å². The molecule has 0 bridgehead atoms. The van der Waals surface area contributed by atoms with Crippen LogP contribution in [0.15, 0.2) is 12.1 Å². The molecule has 2 rings (SSSR count). The van der Waals surface area contributed by atoms with Crippen LogP contribution in [0.4, 0.5) is 4.39 Å². The molecule has 18 heavy (non-hydrogen) atoms. The van der Waals surface area contributed by atoms with E-state index in [1.54, 1.807) is 12.1 Å². The minimum absolute atomic E-state index is 0.0358. The molecule has 1 aliphatic rings. The number of hydrogen-bond acceptors (Lipinski definition) is 0. The second-order valence-electron chi connectivity index (χ2n) is 5.66. The van der Waals surface area contributed by atoms with Gasteiger partial charge >= 0.3 is 0 Å². The van der Waals surface area contributed by atoms with Crippen molar-refractivity contribution < 1.29 is 4.39 Å². The first-order valence-electron chi connectivity index (χ1n) is 6.98. The molecule has 0 aromatic heterocycles. The van der Waals surface area contributed by atoms with E-state index in [-0.39, 0.29) is 11.2 Å². The van der Waals surface area contributed by atoms with Gasteiger partial charge in [-0.25, -0.2) is 4.39 Å². The topological polar surface area (TPSA) is 0 Å². The van der Waals surface area contributed by atoms with Crippen molar-refractivity contribution in [3.63, 3.8) is 0 Å². The van der Waals surface area contributed by atoms with E-state index in [9.17, 15) is 4.39 Å². The minimum Gasteiger partial charge on any atom is -0.207 e. The molecule has 100 valence electrons. The lowest BCUT2D eigenvalue weighted by Crippen LogP contribution is -2.10. The molecule has 1 aliphatic carbocycles. The average Bonchev–Trinajstić information content (AvgIpc) is 2.28. The van der Waals surface area contributed by atoms with Crippen molar-refractivity contribution >= 4 is 11.6 Å². The Kier molecular flexibility index (Phi) is 4.66. The number of aryl methyl sites for hydroxylation is 2. The second kappa shape index (κ2) is 6.06. The fourth-order valence-electron chi connectivity index (χ4n) is 3.25. The highest BCUT2D eigenvalue weighted by molar-refractivity contribution is 6.21. The summed E-state index contributed by atoms with van der Waals surface area (Å²) in [6, 6.07) is 3.19. The molecular weight excluding hydrogens is 247 g/mol. The SMILES string of the molecule is Cc1cc(F)cc(C)c1C(Cl)CC1CCCCC1. The van der Waals surface area contributed by atoms with Gasteiger partial charge in [-0.1, -0.05) is 32.1 Å².